The lowest BCUT2D eigenvalue weighted by Crippen LogP contribution is -2.52. The van der Waals surface area contributed by atoms with Gasteiger partial charge in [-0.25, -0.2) is 4.98 Å². The first kappa shape index (κ1) is 14.2. The fourth-order valence-corrected chi connectivity index (χ4v) is 4.38. The number of fused-ring (bicyclic) bond motifs is 2. The number of hydrogen-bond acceptors (Lipinski definition) is 4. The van der Waals surface area contributed by atoms with Gasteiger partial charge in [-0.3, -0.25) is 4.90 Å². The number of hydrogen-bond donors (Lipinski definition) is 0. The third-order valence-corrected chi connectivity index (χ3v) is 5.35. The molecular weight excluding hydrogens is 268 g/mol. The molecular formula is C16H24N2OS. The number of thiazole rings is 1. The molecule has 4 heteroatoms. The number of ether oxygens (including phenoxy) is 1. The highest BCUT2D eigenvalue weighted by atomic mass is 32.1. The van der Waals surface area contributed by atoms with Crippen LogP contribution in [0.2, 0.25) is 0 Å². The summed E-state index contributed by atoms with van der Waals surface area (Å²) in [5, 5.41) is 3.37. The van der Waals surface area contributed by atoms with Gasteiger partial charge in [0.25, 0.3) is 0 Å². The van der Waals surface area contributed by atoms with Gasteiger partial charge in [-0.15, -0.1) is 17.9 Å². The zero-order chi connectivity index (χ0) is 13.9. The van der Waals surface area contributed by atoms with Crippen LogP contribution in [0.15, 0.2) is 18.0 Å². The van der Waals surface area contributed by atoms with Crippen molar-refractivity contribution in [3.63, 3.8) is 0 Å². The predicted molar refractivity (Wildman–Crippen MR) is 82.9 cm³/mol. The average molecular weight is 292 g/mol. The van der Waals surface area contributed by atoms with E-state index in [0.717, 1.165) is 19.6 Å². The maximum atomic E-state index is 6.04. The molecule has 2 atom stereocenters. The summed E-state index contributed by atoms with van der Waals surface area (Å²) in [6.45, 7) is 9.88. The molecule has 3 rings (SSSR count). The summed E-state index contributed by atoms with van der Waals surface area (Å²) in [7, 11) is 0. The smallest absolute Gasteiger partial charge is 0.0897 e. The second-order valence-corrected chi connectivity index (χ2v) is 7.15. The van der Waals surface area contributed by atoms with E-state index in [2.05, 4.69) is 28.8 Å². The van der Waals surface area contributed by atoms with Crippen molar-refractivity contribution in [2.75, 3.05) is 19.7 Å². The molecule has 2 fully saturated rings. The molecule has 2 heterocycles. The number of piperidine rings is 1. The highest BCUT2D eigenvalue weighted by molar-refractivity contribution is 7.09. The summed E-state index contributed by atoms with van der Waals surface area (Å²) in [4.78, 5) is 7.18. The van der Waals surface area contributed by atoms with Crippen LogP contribution in [-0.2, 0) is 11.3 Å². The Hall–Kier alpha value is -0.710. The maximum Gasteiger partial charge on any atom is 0.0897 e. The minimum absolute atomic E-state index is 0.454. The van der Waals surface area contributed by atoms with E-state index < -0.39 is 0 Å². The van der Waals surface area contributed by atoms with Crippen molar-refractivity contribution in [2.24, 2.45) is 11.8 Å². The molecule has 0 radical (unpaired) electrons. The summed E-state index contributed by atoms with van der Waals surface area (Å²) in [5.41, 5.74) is 1.23. The topological polar surface area (TPSA) is 25.4 Å². The zero-order valence-electron chi connectivity index (χ0n) is 12.3. The molecule has 1 saturated carbocycles. The third-order valence-electron chi connectivity index (χ3n) is 4.52. The Balaban J connectivity index is 1.62. The van der Waals surface area contributed by atoms with Crippen LogP contribution in [0.1, 0.15) is 30.0 Å². The maximum absolute atomic E-state index is 6.04. The number of aryl methyl sites for hydroxylation is 1. The van der Waals surface area contributed by atoms with Crippen molar-refractivity contribution in [1.82, 2.24) is 9.88 Å². The van der Waals surface area contributed by atoms with Crippen molar-refractivity contribution in [2.45, 2.75) is 38.8 Å². The lowest BCUT2D eigenvalue weighted by molar-refractivity contribution is -0.0865. The van der Waals surface area contributed by atoms with Crippen LogP contribution in [0.25, 0.3) is 0 Å². The Morgan fingerprint density at radius 1 is 1.45 bits per heavy atom. The first-order valence-corrected chi connectivity index (χ1v) is 8.50. The minimum Gasteiger partial charge on any atom is -0.374 e. The Kier molecular flexibility index (Phi) is 4.54. The Morgan fingerprint density at radius 2 is 2.20 bits per heavy atom. The van der Waals surface area contributed by atoms with Gasteiger partial charge in [0, 0.05) is 25.0 Å². The first-order chi connectivity index (χ1) is 9.76. The molecule has 0 spiro atoms. The molecule has 0 amide bonds. The first-order valence-electron chi connectivity index (χ1n) is 7.62. The van der Waals surface area contributed by atoms with E-state index in [0.29, 0.717) is 24.5 Å². The summed E-state index contributed by atoms with van der Waals surface area (Å²) in [5.74, 6) is 1.39. The SMILES string of the molecule is C=CCOC1C2CCCC1CN(Cc1csc(C)n1)C2. The van der Waals surface area contributed by atoms with Crippen LogP contribution < -0.4 is 0 Å². The predicted octanol–water partition coefficient (Wildman–Crippen LogP) is 3.25. The van der Waals surface area contributed by atoms with Crippen LogP contribution in [0.4, 0.5) is 0 Å². The normalized spacial score (nSPS) is 30.4. The molecule has 1 aliphatic carbocycles. The van der Waals surface area contributed by atoms with Crippen LogP contribution in [0.5, 0.6) is 0 Å². The second kappa shape index (κ2) is 6.37. The van der Waals surface area contributed by atoms with Crippen molar-refractivity contribution in [3.05, 3.63) is 28.7 Å². The summed E-state index contributed by atoms with van der Waals surface area (Å²) in [6.07, 6.45) is 6.32. The molecule has 2 unspecified atom stereocenters. The van der Waals surface area contributed by atoms with E-state index in [1.807, 2.05) is 6.08 Å². The lowest BCUT2D eigenvalue weighted by Gasteiger charge is -2.46. The molecule has 2 aliphatic rings. The van der Waals surface area contributed by atoms with E-state index in [4.69, 9.17) is 4.74 Å². The Bertz CT molecular complexity index is 445. The summed E-state index contributed by atoms with van der Waals surface area (Å²) < 4.78 is 6.04. The number of aromatic nitrogens is 1. The Labute approximate surface area is 125 Å². The van der Waals surface area contributed by atoms with Gasteiger partial charge in [-0.05, 0) is 31.6 Å². The molecule has 2 bridgehead atoms. The van der Waals surface area contributed by atoms with Gasteiger partial charge in [0.1, 0.15) is 0 Å². The zero-order valence-corrected chi connectivity index (χ0v) is 13.1. The molecule has 0 N–H and O–H groups in total. The van der Waals surface area contributed by atoms with Crippen molar-refractivity contribution in [3.8, 4) is 0 Å². The monoisotopic (exact) mass is 292 g/mol. The van der Waals surface area contributed by atoms with E-state index >= 15 is 0 Å². The van der Waals surface area contributed by atoms with Crippen molar-refractivity contribution < 1.29 is 4.74 Å². The van der Waals surface area contributed by atoms with Gasteiger partial charge in [0.15, 0.2) is 0 Å². The second-order valence-electron chi connectivity index (χ2n) is 6.09. The van der Waals surface area contributed by atoms with Gasteiger partial charge in [0.2, 0.25) is 0 Å². The molecule has 1 aliphatic heterocycles. The fraction of sp³-hybridized carbons (Fsp3) is 0.688. The van der Waals surface area contributed by atoms with Crippen LogP contribution in [0.3, 0.4) is 0 Å². The molecule has 1 aromatic heterocycles. The lowest BCUT2D eigenvalue weighted by atomic mass is 9.75. The fourth-order valence-electron chi connectivity index (χ4n) is 3.77. The van der Waals surface area contributed by atoms with E-state index in [1.54, 1.807) is 11.3 Å². The summed E-state index contributed by atoms with van der Waals surface area (Å²) >= 11 is 1.75. The van der Waals surface area contributed by atoms with E-state index in [1.165, 1.54) is 30.0 Å². The molecule has 1 aromatic rings. The summed E-state index contributed by atoms with van der Waals surface area (Å²) in [6, 6.07) is 0. The molecule has 0 aromatic carbocycles. The molecule has 20 heavy (non-hydrogen) atoms. The number of likely N-dealkylation sites (tertiary alicyclic amines) is 1. The van der Waals surface area contributed by atoms with E-state index in [-0.39, 0.29) is 0 Å². The molecule has 1 saturated heterocycles. The van der Waals surface area contributed by atoms with E-state index in [9.17, 15) is 0 Å². The largest absolute Gasteiger partial charge is 0.374 e. The third kappa shape index (κ3) is 3.13. The molecule has 3 nitrogen and oxygen atoms in total. The van der Waals surface area contributed by atoms with Gasteiger partial charge < -0.3 is 4.74 Å². The van der Waals surface area contributed by atoms with Crippen LogP contribution in [-0.4, -0.2) is 35.7 Å². The standard InChI is InChI=1S/C16H24N2OS/c1-3-7-19-16-13-5-4-6-14(16)9-18(8-13)10-15-11-20-12(2)17-15/h3,11,13-14,16H,1,4-10H2,2H3. The van der Waals surface area contributed by atoms with Crippen molar-refractivity contribution >= 4 is 11.3 Å². The van der Waals surface area contributed by atoms with Gasteiger partial charge in [-0.1, -0.05) is 12.5 Å². The van der Waals surface area contributed by atoms with Crippen molar-refractivity contribution in [1.29, 1.82) is 0 Å². The van der Waals surface area contributed by atoms with Crippen LogP contribution in [0, 0.1) is 18.8 Å². The minimum atomic E-state index is 0.454. The number of rotatable bonds is 5. The quantitative estimate of drug-likeness (QED) is 0.779. The highest BCUT2D eigenvalue weighted by Crippen LogP contribution is 2.37. The van der Waals surface area contributed by atoms with Crippen LogP contribution >= 0.6 is 11.3 Å². The number of nitrogens with zero attached hydrogens (tertiary/aromatic N) is 2. The average Bonchev–Trinajstić information content (AvgIpc) is 2.81. The van der Waals surface area contributed by atoms with Gasteiger partial charge in [0.05, 0.1) is 23.4 Å². The highest BCUT2D eigenvalue weighted by Gasteiger charge is 2.39. The molecule has 110 valence electrons. The van der Waals surface area contributed by atoms with Gasteiger partial charge >= 0.3 is 0 Å². The van der Waals surface area contributed by atoms with Gasteiger partial charge in [-0.2, -0.15) is 0 Å². The Morgan fingerprint density at radius 3 is 2.80 bits per heavy atom.